The van der Waals surface area contributed by atoms with Gasteiger partial charge in [0.15, 0.2) is 6.61 Å². The lowest BCUT2D eigenvalue weighted by molar-refractivity contribution is -0.128. The Hall–Kier alpha value is -3.28. The van der Waals surface area contributed by atoms with Gasteiger partial charge in [-0.2, -0.15) is 0 Å². The lowest BCUT2D eigenvalue weighted by Gasteiger charge is -2.11. The van der Waals surface area contributed by atoms with Gasteiger partial charge in [-0.05, 0) is 60.7 Å². The molecule has 2 aromatic carbocycles. The highest BCUT2D eigenvalue weighted by Gasteiger charge is 2.06. The van der Waals surface area contributed by atoms with E-state index in [1.807, 2.05) is 55.5 Å². The van der Waals surface area contributed by atoms with E-state index in [-0.39, 0.29) is 6.61 Å². The van der Waals surface area contributed by atoms with E-state index >= 15 is 0 Å². The second kappa shape index (κ2) is 11.5. The largest absolute Gasteiger partial charge is 0.494 e. The molecule has 29 heavy (non-hydrogen) atoms. The maximum absolute atomic E-state index is 11.8. The summed E-state index contributed by atoms with van der Waals surface area (Å²) < 4.78 is 10.8. The minimum Gasteiger partial charge on any atom is -0.494 e. The van der Waals surface area contributed by atoms with E-state index in [1.54, 1.807) is 6.08 Å². The van der Waals surface area contributed by atoms with Crippen molar-refractivity contribution in [3.05, 3.63) is 65.7 Å². The summed E-state index contributed by atoms with van der Waals surface area (Å²) >= 11 is 0. The van der Waals surface area contributed by atoms with Crippen molar-refractivity contribution < 1.29 is 19.1 Å². The molecule has 2 rings (SSSR count). The minimum absolute atomic E-state index is 0.189. The average Bonchev–Trinajstić information content (AvgIpc) is 2.75. The first-order chi connectivity index (χ1) is 14.0. The summed E-state index contributed by atoms with van der Waals surface area (Å²) in [7, 11) is 0. The molecular formula is C23H28N2O4. The van der Waals surface area contributed by atoms with Crippen LogP contribution in [-0.4, -0.2) is 25.0 Å². The third-order valence-electron chi connectivity index (χ3n) is 4.37. The molecule has 0 saturated carbocycles. The molecule has 6 heteroatoms. The molecular weight excluding hydrogens is 368 g/mol. The number of amides is 2. The van der Waals surface area contributed by atoms with Crippen LogP contribution in [0, 0.1) is 0 Å². The first kappa shape index (κ1) is 22.0. The molecule has 0 spiro atoms. The monoisotopic (exact) mass is 396 g/mol. The molecule has 2 aromatic rings. The summed E-state index contributed by atoms with van der Waals surface area (Å²) in [5, 5.41) is 0. The van der Waals surface area contributed by atoms with Crippen molar-refractivity contribution >= 4 is 17.9 Å². The van der Waals surface area contributed by atoms with E-state index in [2.05, 4.69) is 24.7 Å². The number of hydrazine groups is 1. The molecule has 6 nitrogen and oxygen atoms in total. The zero-order valence-corrected chi connectivity index (χ0v) is 17.1. The maximum Gasteiger partial charge on any atom is 0.276 e. The average molecular weight is 396 g/mol. The van der Waals surface area contributed by atoms with Gasteiger partial charge in [0, 0.05) is 6.08 Å². The molecule has 0 aliphatic carbocycles. The molecule has 0 aliphatic rings. The van der Waals surface area contributed by atoms with Gasteiger partial charge in [-0.15, -0.1) is 0 Å². The van der Waals surface area contributed by atoms with Crippen molar-refractivity contribution in [1.82, 2.24) is 10.9 Å². The summed E-state index contributed by atoms with van der Waals surface area (Å²) in [5.74, 6) is 0.979. The Kier molecular flexibility index (Phi) is 8.76. The van der Waals surface area contributed by atoms with Crippen LogP contribution < -0.4 is 20.3 Å². The number of benzene rings is 2. The molecule has 0 bridgehead atoms. The molecule has 0 aliphatic heterocycles. The summed E-state index contributed by atoms with van der Waals surface area (Å²) in [4.78, 5) is 23.6. The molecule has 0 fully saturated rings. The van der Waals surface area contributed by atoms with Crippen LogP contribution >= 0.6 is 0 Å². The van der Waals surface area contributed by atoms with Gasteiger partial charge in [-0.25, -0.2) is 0 Å². The topological polar surface area (TPSA) is 76.7 Å². The Bertz CT molecular complexity index is 814. The molecule has 0 saturated heterocycles. The van der Waals surface area contributed by atoms with Crippen molar-refractivity contribution in [3.63, 3.8) is 0 Å². The number of hydrogen-bond acceptors (Lipinski definition) is 4. The van der Waals surface area contributed by atoms with Crippen LogP contribution in [0.3, 0.4) is 0 Å². The number of rotatable bonds is 9. The van der Waals surface area contributed by atoms with Gasteiger partial charge in [0.25, 0.3) is 11.8 Å². The van der Waals surface area contributed by atoms with E-state index in [0.29, 0.717) is 18.3 Å². The lowest BCUT2D eigenvalue weighted by atomic mass is 9.99. The number of ether oxygens (including phenoxy) is 2. The molecule has 0 heterocycles. The number of nitrogens with one attached hydrogen (secondary N) is 2. The Morgan fingerprint density at radius 3 is 2.17 bits per heavy atom. The van der Waals surface area contributed by atoms with Crippen LogP contribution in [0.4, 0.5) is 0 Å². The first-order valence-corrected chi connectivity index (χ1v) is 9.74. The Morgan fingerprint density at radius 2 is 1.55 bits per heavy atom. The quantitative estimate of drug-likeness (QED) is 0.499. The predicted octanol–water partition coefficient (Wildman–Crippen LogP) is 3.84. The van der Waals surface area contributed by atoms with Crippen molar-refractivity contribution in [2.24, 2.45) is 0 Å². The van der Waals surface area contributed by atoms with Crippen LogP contribution in [0.15, 0.2) is 54.6 Å². The maximum atomic E-state index is 11.8. The van der Waals surface area contributed by atoms with Crippen LogP contribution in [0.5, 0.6) is 11.5 Å². The van der Waals surface area contributed by atoms with Gasteiger partial charge in [0.1, 0.15) is 11.5 Å². The van der Waals surface area contributed by atoms with E-state index in [1.165, 1.54) is 11.6 Å². The normalized spacial score (nSPS) is 11.7. The Balaban J connectivity index is 1.72. The number of carbonyl (C=O) groups excluding carboxylic acids is 2. The predicted molar refractivity (Wildman–Crippen MR) is 114 cm³/mol. The highest BCUT2D eigenvalue weighted by atomic mass is 16.5. The van der Waals surface area contributed by atoms with E-state index in [0.717, 1.165) is 17.7 Å². The fourth-order valence-corrected chi connectivity index (χ4v) is 2.50. The van der Waals surface area contributed by atoms with Crippen LogP contribution in [-0.2, 0) is 9.59 Å². The zero-order chi connectivity index (χ0) is 21.1. The van der Waals surface area contributed by atoms with Gasteiger partial charge >= 0.3 is 0 Å². The lowest BCUT2D eigenvalue weighted by Crippen LogP contribution is -2.43. The standard InChI is InChI=1S/C23H28N2O4/c1-4-17(3)19-9-13-21(14-10-19)29-16-23(27)25-24-22(26)15-8-18-6-11-20(12-7-18)28-5-2/h6-15,17H,4-5,16H2,1-3H3,(H,24,26)(H,25,27)/b15-8+. The summed E-state index contributed by atoms with van der Waals surface area (Å²) in [6.45, 7) is 6.63. The summed E-state index contributed by atoms with van der Waals surface area (Å²) in [5.41, 5.74) is 6.72. The zero-order valence-electron chi connectivity index (χ0n) is 17.1. The summed E-state index contributed by atoms with van der Waals surface area (Å²) in [6.07, 6.45) is 4.05. The van der Waals surface area contributed by atoms with E-state index in [9.17, 15) is 9.59 Å². The van der Waals surface area contributed by atoms with Crippen LogP contribution in [0.1, 0.15) is 44.2 Å². The number of hydrogen-bond donors (Lipinski definition) is 2. The van der Waals surface area contributed by atoms with Crippen LogP contribution in [0.2, 0.25) is 0 Å². The van der Waals surface area contributed by atoms with E-state index in [4.69, 9.17) is 9.47 Å². The van der Waals surface area contributed by atoms with Crippen LogP contribution in [0.25, 0.3) is 6.08 Å². The molecule has 2 N–H and O–H groups in total. The highest BCUT2D eigenvalue weighted by Crippen LogP contribution is 2.21. The third-order valence-corrected chi connectivity index (χ3v) is 4.37. The van der Waals surface area contributed by atoms with Gasteiger partial charge < -0.3 is 9.47 Å². The molecule has 0 radical (unpaired) electrons. The Morgan fingerprint density at radius 1 is 0.931 bits per heavy atom. The fourth-order valence-electron chi connectivity index (χ4n) is 2.50. The first-order valence-electron chi connectivity index (χ1n) is 9.74. The van der Waals surface area contributed by atoms with Gasteiger partial charge in [0.2, 0.25) is 0 Å². The second-order valence-electron chi connectivity index (χ2n) is 6.54. The molecule has 2 amide bonds. The molecule has 1 unspecified atom stereocenters. The molecule has 154 valence electrons. The molecule has 0 aromatic heterocycles. The summed E-state index contributed by atoms with van der Waals surface area (Å²) in [6, 6.07) is 15.0. The number of carbonyl (C=O) groups is 2. The van der Waals surface area contributed by atoms with E-state index < -0.39 is 11.8 Å². The van der Waals surface area contributed by atoms with Crippen molar-refractivity contribution in [1.29, 1.82) is 0 Å². The van der Waals surface area contributed by atoms with Crippen molar-refractivity contribution in [2.75, 3.05) is 13.2 Å². The SMILES string of the molecule is CCOc1ccc(/C=C/C(=O)NNC(=O)COc2ccc(C(C)CC)cc2)cc1. The molecule has 1 atom stereocenters. The smallest absolute Gasteiger partial charge is 0.276 e. The van der Waals surface area contributed by atoms with Crippen molar-refractivity contribution in [3.8, 4) is 11.5 Å². The third kappa shape index (κ3) is 7.70. The minimum atomic E-state index is -0.446. The highest BCUT2D eigenvalue weighted by molar-refractivity contribution is 5.93. The Labute approximate surface area is 171 Å². The second-order valence-corrected chi connectivity index (χ2v) is 6.54. The van der Waals surface area contributed by atoms with Gasteiger partial charge in [-0.3, -0.25) is 20.4 Å². The van der Waals surface area contributed by atoms with Crippen molar-refractivity contribution in [2.45, 2.75) is 33.1 Å². The van der Waals surface area contributed by atoms with Gasteiger partial charge in [0.05, 0.1) is 6.61 Å². The fraction of sp³-hybridized carbons (Fsp3) is 0.304. The van der Waals surface area contributed by atoms with Gasteiger partial charge in [-0.1, -0.05) is 38.1 Å².